The number of amides is 2. The van der Waals surface area contributed by atoms with E-state index in [-0.39, 0.29) is 22.7 Å². The van der Waals surface area contributed by atoms with Crippen LogP contribution >= 0.6 is 11.6 Å². The summed E-state index contributed by atoms with van der Waals surface area (Å²) in [6, 6.07) is 10.8. The highest BCUT2D eigenvalue weighted by Gasteiger charge is 2.25. The maximum Gasteiger partial charge on any atom is 0.322 e. The summed E-state index contributed by atoms with van der Waals surface area (Å²) in [5.74, 6) is -0.543. The molecule has 0 radical (unpaired) electrons. The lowest BCUT2D eigenvalue weighted by atomic mass is 9.98. The number of H-pyrrole nitrogens is 1. The van der Waals surface area contributed by atoms with Crippen molar-refractivity contribution in [2.24, 2.45) is 0 Å². The maximum atomic E-state index is 13.4. The van der Waals surface area contributed by atoms with Crippen LogP contribution in [0.25, 0.3) is 10.8 Å². The number of halogens is 2. The number of benzene rings is 2. The average molecular weight is 402 g/mol. The third-order valence-corrected chi connectivity index (χ3v) is 5.03. The number of hydrogen-bond acceptors (Lipinski definition) is 2. The smallest absolute Gasteiger partial charge is 0.322 e. The Balaban J connectivity index is 1.95. The van der Waals surface area contributed by atoms with Gasteiger partial charge >= 0.3 is 6.03 Å². The normalized spacial score (nSPS) is 12.0. The van der Waals surface area contributed by atoms with Gasteiger partial charge in [-0.25, -0.2) is 9.18 Å². The van der Waals surface area contributed by atoms with Crippen LogP contribution in [0.15, 0.2) is 53.5 Å². The summed E-state index contributed by atoms with van der Waals surface area (Å²) in [6.45, 7) is 4.32. The molecule has 0 unspecified atom stereocenters. The molecule has 0 bridgehead atoms. The highest BCUT2D eigenvalue weighted by atomic mass is 35.5. The third kappa shape index (κ3) is 3.87. The number of rotatable bonds is 5. The highest BCUT2D eigenvalue weighted by Crippen LogP contribution is 2.29. The van der Waals surface area contributed by atoms with Gasteiger partial charge in [0.05, 0.1) is 11.1 Å². The molecule has 0 aliphatic heterocycles. The minimum Gasteiger partial charge on any atom is -0.328 e. The first kappa shape index (κ1) is 19.9. The molecule has 3 rings (SSSR count). The quantitative estimate of drug-likeness (QED) is 0.607. The number of carbonyl (C=O) groups excluding carboxylic acids is 1. The van der Waals surface area contributed by atoms with Crippen LogP contribution in [0, 0.1) is 5.82 Å². The lowest BCUT2D eigenvalue weighted by molar-refractivity contribution is 0.190. The molecule has 1 aromatic heterocycles. The molecule has 0 saturated heterocycles. The summed E-state index contributed by atoms with van der Waals surface area (Å²) in [5.41, 5.74) is 1.12. The Labute approximate surface area is 167 Å². The van der Waals surface area contributed by atoms with E-state index in [4.69, 9.17) is 11.6 Å². The fourth-order valence-corrected chi connectivity index (χ4v) is 3.57. The molecule has 0 spiro atoms. The molecule has 2 aromatic carbocycles. The van der Waals surface area contributed by atoms with Gasteiger partial charge in [0.15, 0.2) is 0 Å². The Morgan fingerprint density at radius 1 is 1.21 bits per heavy atom. The molecule has 7 heteroatoms. The molecule has 1 atom stereocenters. The first-order chi connectivity index (χ1) is 13.5. The van der Waals surface area contributed by atoms with E-state index in [9.17, 15) is 14.0 Å². The number of hydrogen-bond donors (Lipinski definition) is 2. The van der Waals surface area contributed by atoms with E-state index >= 15 is 0 Å². The van der Waals surface area contributed by atoms with Gasteiger partial charge in [-0.3, -0.25) is 4.79 Å². The fourth-order valence-electron chi connectivity index (χ4n) is 3.39. The standard InChI is InChI=1S/C21H21ClFN3O2/c1-3-19(16-12-24-20(27)15-8-6-5-7-14(15)16)26(4-2)21(28)25-13-9-10-18(23)17(22)11-13/h5-12,19H,3-4H2,1-2H3,(H,24,27)(H,25,28)/t19-/m1/s1. The van der Waals surface area contributed by atoms with Gasteiger partial charge in [0.1, 0.15) is 5.82 Å². The molecule has 0 saturated carbocycles. The van der Waals surface area contributed by atoms with Gasteiger partial charge in [-0.2, -0.15) is 0 Å². The minimum atomic E-state index is -0.543. The van der Waals surface area contributed by atoms with Gasteiger partial charge in [0.2, 0.25) is 0 Å². The fraction of sp³-hybridized carbons (Fsp3) is 0.238. The average Bonchev–Trinajstić information content (AvgIpc) is 2.70. The van der Waals surface area contributed by atoms with E-state index in [1.165, 1.54) is 18.2 Å². The van der Waals surface area contributed by atoms with E-state index in [2.05, 4.69) is 10.3 Å². The molecule has 0 aliphatic rings. The van der Waals surface area contributed by atoms with Crippen LogP contribution in [0.3, 0.4) is 0 Å². The van der Waals surface area contributed by atoms with Crippen molar-refractivity contribution >= 4 is 34.1 Å². The van der Waals surface area contributed by atoms with E-state index < -0.39 is 5.82 Å². The number of nitrogens with one attached hydrogen (secondary N) is 2. The molecule has 146 valence electrons. The van der Waals surface area contributed by atoms with Crippen LogP contribution in [-0.4, -0.2) is 22.5 Å². The van der Waals surface area contributed by atoms with Gasteiger partial charge in [-0.15, -0.1) is 0 Å². The molecule has 5 nitrogen and oxygen atoms in total. The third-order valence-electron chi connectivity index (χ3n) is 4.74. The molecule has 3 aromatic rings. The zero-order chi connectivity index (χ0) is 20.3. The molecule has 0 fully saturated rings. The van der Waals surface area contributed by atoms with Crippen molar-refractivity contribution in [2.75, 3.05) is 11.9 Å². The second-order valence-corrected chi connectivity index (χ2v) is 6.80. The van der Waals surface area contributed by atoms with Gasteiger partial charge in [-0.05, 0) is 48.6 Å². The molecule has 2 amide bonds. The van der Waals surface area contributed by atoms with Gasteiger partial charge < -0.3 is 15.2 Å². The summed E-state index contributed by atoms with van der Waals surface area (Å²) in [4.78, 5) is 29.5. The maximum absolute atomic E-state index is 13.4. The van der Waals surface area contributed by atoms with Crippen molar-refractivity contribution in [3.8, 4) is 0 Å². The number of fused-ring (bicyclic) bond motifs is 1. The first-order valence-corrected chi connectivity index (χ1v) is 9.47. The summed E-state index contributed by atoms with van der Waals surface area (Å²) in [5, 5.41) is 4.11. The van der Waals surface area contributed by atoms with Crippen molar-refractivity contribution in [3.05, 3.63) is 75.4 Å². The van der Waals surface area contributed by atoms with E-state index in [0.717, 1.165) is 10.9 Å². The van der Waals surface area contributed by atoms with E-state index in [1.54, 1.807) is 17.2 Å². The lowest BCUT2D eigenvalue weighted by Gasteiger charge is -2.31. The molecular formula is C21H21ClFN3O2. The number of nitrogens with zero attached hydrogens (tertiary/aromatic N) is 1. The number of carbonyl (C=O) groups is 1. The van der Waals surface area contributed by atoms with Crippen LogP contribution < -0.4 is 10.9 Å². The Kier molecular flexibility index (Phi) is 5.99. The molecule has 1 heterocycles. The predicted molar refractivity (Wildman–Crippen MR) is 110 cm³/mol. The Hall–Kier alpha value is -2.86. The summed E-state index contributed by atoms with van der Waals surface area (Å²) < 4.78 is 13.4. The number of aromatic nitrogens is 1. The van der Waals surface area contributed by atoms with Crippen molar-refractivity contribution in [1.29, 1.82) is 0 Å². The monoisotopic (exact) mass is 401 g/mol. The van der Waals surface area contributed by atoms with Crippen LogP contribution in [0.2, 0.25) is 5.02 Å². The highest BCUT2D eigenvalue weighted by molar-refractivity contribution is 6.31. The zero-order valence-corrected chi connectivity index (χ0v) is 16.4. The molecular weight excluding hydrogens is 381 g/mol. The second-order valence-electron chi connectivity index (χ2n) is 6.39. The van der Waals surface area contributed by atoms with Crippen LogP contribution in [0.5, 0.6) is 0 Å². The van der Waals surface area contributed by atoms with Crippen molar-refractivity contribution in [1.82, 2.24) is 9.88 Å². The SMILES string of the molecule is CC[C@H](c1c[nH]c(=O)c2ccccc12)N(CC)C(=O)Nc1ccc(F)c(Cl)c1. The Morgan fingerprint density at radius 2 is 1.93 bits per heavy atom. The largest absolute Gasteiger partial charge is 0.328 e. The topological polar surface area (TPSA) is 65.2 Å². The molecule has 0 aliphatic carbocycles. The van der Waals surface area contributed by atoms with Crippen molar-refractivity contribution in [2.45, 2.75) is 26.3 Å². The zero-order valence-electron chi connectivity index (χ0n) is 15.6. The summed E-state index contributed by atoms with van der Waals surface area (Å²) in [6.07, 6.45) is 2.32. The van der Waals surface area contributed by atoms with Crippen molar-refractivity contribution in [3.63, 3.8) is 0 Å². The predicted octanol–water partition coefficient (Wildman–Crippen LogP) is 5.33. The molecule has 2 N–H and O–H groups in total. The summed E-state index contributed by atoms with van der Waals surface area (Å²) >= 11 is 5.80. The first-order valence-electron chi connectivity index (χ1n) is 9.09. The summed E-state index contributed by atoms with van der Waals surface area (Å²) in [7, 11) is 0. The number of anilines is 1. The van der Waals surface area contributed by atoms with Crippen LogP contribution in [0.1, 0.15) is 31.9 Å². The lowest BCUT2D eigenvalue weighted by Crippen LogP contribution is -2.38. The second kappa shape index (κ2) is 8.44. The van der Waals surface area contributed by atoms with Crippen LogP contribution in [0.4, 0.5) is 14.9 Å². The van der Waals surface area contributed by atoms with Gasteiger partial charge in [0.25, 0.3) is 5.56 Å². The minimum absolute atomic E-state index is 0.0560. The van der Waals surface area contributed by atoms with Gasteiger partial charge in [0, 0.05) is 23.8 Å². The Morgan fingerprint density at radius 3 is 2.57 bits per heavy atom. The Bertz CT molecular complexity index is 1070. The van der Waals surface area contributed by atoms with Gasteiger partial charge in [-0.1, -0.05) is 36.7 Å². The number of aromatic amines is 1. The number of urea groups is 1. The van der Waals surface area contributed by atoms with E-state index in [0.29, 0.717) is 24.0 Å². The van der Waals surface area contributed by atoms with E-state index in [1.807, 2.05) is 32.0 Å². The molecule has 28 heavy (non-hydrogen) atoms. The van der Waals surface area contributed by atoms with Crippen LogP contribution in [-0.2, 0) is 0 Å². The number of pyridine rings is 1. The van der Waals surface area contributed by atoms with Crippen molar-refractivity contribution < 1.29 is 9.18 Å².